The average molecular weight is 546 g/mol. The first-order valence-electron chi connectivity index (χ1n) is 10.4. The van der Waals surface area contributed by atoms with Gasteiger partial charge < -0.3 is 29.4 Å². The Kier molecular flexibility index (Phi) is 12.1. The van der Waals surface area contributed by atoms with Gasteiger partial charge in [0.1, 0.15) is 0 Å². The first kappa shape index (κ1) is 26.9. The van der Waals surface area contributed by atoms with Crippen LogP contribution in [0.25, 0.3) is 0 Å². The molecule has 1 aromatic heterocycles. The lowest BCUT2D eigenvalue weighted by Gasteiger charge is -2.16. The first-order chi connectivity index (χ1) is 14.6. The van der Waals surface area contributed by atoms with Crippen LogP contribution in [0, 0.1) is 0 Å². The fraction of sp³-hybridized carbons (Fsp3) is 0.545. The highest BCUT2D eigenvalue weighted by Crippen LogP contribution is 2.38. The van der Waals surface area contributed by atoms with Crippen molar-refractivity contribution < 1.29 is 18.7 Å². The number of hydrogen-bond donors (Lipinski definition) is 2. The van der Waals surface area contributed by atoms with Crippen LogP contribution < -0.4 is 24.8 Å². The Hall–Kier alpha value is -2.17. The molecule has 8 nitrogen and oxygen atoms in total. The summed E-state index contributed by atoms with van der Waals surface area (Å²) in [5, 5.41) is 10.7. The maximum atomic E-state index is 5.65. The minimum absolute atomic E-state index is 0. The molecule has 174 valence electrons. The SMILES string of the molecule is CCOc1c(OC)cc(CNC(=NC)NCc2cc(C(CC)CC)no2)cc1OC.I. The summed E-state index contributed by atoms with van der Waals surface area (Å²) >= 11 is 0. The van der Waals surface area contributed by atoms with Crippen molar-refractivity contribution in [2.75, 3.05) is 27.9 Å². The largest absolute Gasteiger partial charge is 0.493 e. The summed E-state index contributed by atoms with van der Waals surface area (Å²) in [5.74, 6) is 3.74. The molecule has 1 heterocycles. The summed E-state index contributed by atoms with van der Waals surface area (Å²) in [7, 11) is 4.95. The molecule has 31 heavy (non-hydrogen) atoms. The van der Waals surface area contributed by atoms with Crippen molar-refractivity contribution in [3.63, 3.8) is 0 Å². The van der Waals surface area contributed by atoms with E-state index in [2.05, 4.69) is 34.6 Å². The number of benzene rings is 1. The van der Waals surface area contributed by atoms with Crippen LogP contribution in [0.3, 0.4) is 0 Å². The molecular formula is C22H35IN4O4. The lowest BCUT2D eigenvalue weighted by atomic mass is 9.99. The van der Waals surface area contributed by atoms with Gasteiger partial charge in [-0.3, -0.25) is 4.99 Å². The standard InChI is InChI=1S/C22H34N4O4.HI/c1-7-16(8-2)18-12-17(30-26-18)14-25-22(23-4)24-13-15-10-19(27-5)21(29-9-3)20(11-15)28-6;/h10-12,16H,7-9,13-14H2,1-6H3,(H2,23,24,25);1H. The van der Waals surface area contributed by atoms with Crippen molar-refractivity contribution >= 4 is 29.9 Å². The number of aliphatic imine (C=N–C) groups is 1. The minimum Gasteiger partial charge on any atom is -0.493 e. The summed E-state index contributed by atoms with van der Waals surface area (Å²) in [6.07, 6.45) is 2.10. The fourth-order valence-corrected chi connectivity index (χ4v) is 3.21. The Morgan fingerprint density at radius 1 is 1.03 bits per heavy atom. The van der Waals surface area contributed by atoms with Crippen molar-refractivity contribution in [3.8, 4) is 17.2 Å². The third-order valence-corrected chi connectivity index (χ3v) is 4.90. The highest BCUT2D eigenvalue weighted by atomic mass is 127. The zero-order valence-corrected chi connectivity index (χ0v) is 21.6. The third-order valence-electron chi connectivity index (χ3n) is 4.90. The third kappa shape index (κ3) is 7.48. The second-order valence-corrected chi connectivity index (χ2v) is 6.77. The van der Waals surface area contributed by atoms with E-state index in [0.717, 1.165) is 29.9 Å². The normalized spacial score (nSPS) is 11.1. The van der Waals surface area contributed by atoms with Crippen LogP contribution in [0.2, 0.25) is 0 Å². The number of guanidine groups is 1. The molecule has 1 aromatic carbocycles. The van der Waals surface area contributed by atoms with Gasteiger partial charge in [-0.2, -0.15) is 0 Å². The number of aromatic nitrogens is 1. The fourth-order valence-electron chi connectivity index (χ4n) is 3.21. The van der Waals surface area contributed by atoms with Gasteiger partial charge in [-0.1, -0.05) is 19.0 Å². The maximum Gasteiger partial charge on any atom is 0.203 e. The first-order valence-corrected chi connectivity index (χ1v) is 10.4. The Balaban J connectivity index is 0.00000480. The second kappa shape index (κ2) is 14.0. The Morgan fingerprint density at radius 2 is 1.65 bits per heavy atom. The average Bonchev–Trinajstić information content (AvgIpc) is 3.24. The molecule has 0 aliphatic heterocycles. The van der Waals surface area contributed by atoms with E-state index in [0.29, 0.717) is 48.8 Å². The smallest absolute Gasteiger partial charge is 0.203 e. The van der Waals surface area contributed by atoms with E-state index < -0.39 is 0 Å². The molecule has 2 N–H and O–H groups in total. The van der Waals surface area contributed by atoms with Gasteiger partial charge >= 0.3 is 0 Å². The molecule has 2 aromatic rings. The van der Waals surface area contributed by atoms with Crippen LogP contribution in [0.4, 0.5) is 0 Å². The topological polar surface area (TPSA) is 90.1 Å². The minimum atomic E-state index is 0. The number of hydrogen-bond acceptors (Lipinski definition) is 6. The monoisotopic (exact) mass is 546 g/mol. The lowest BCUT2D eigenvalue weighted by molar-refractivity contribution is 0.288. The van der Waals surface area contributed by atoms with Gasteiger partial charge in [-0.05, 0) is 37.5 Å². The van der Waals surface area contributed by atoms with Gasteiger partial charge in [-0.15, -0.1) is 24.0 Å². The van der Waals surface area contributed by atoms with Crippen LogP contribution in [0.1, 0.15) is 56.5 Å². The van der Waals surface area contributed by atoms with E-state index in [4.69, 9.17) is 18.7 Å². The highest BCUT2D eigenvalue weighted by molar-refractivity contribution is 14.0. The molecule has 0 saturated carbocycles. The predicted molar refractivity (Wildman–Crippen MR) is 133 cm³/mol. The van der Waals surface area contributed by atoms with Crippen LogP contribution in [0.5, 0.6) is 17.2 Å². The molecule has 0 spiro atoms. The van der Waals surface area contributed by atoms with E-state index >= 15 is 0 Å². The van der Waals surface area contributed by atoms with Gasteiger partial charge in [0.25, 0.3) is 0 Å². The van der Waals surface area contributed by atoms with Crippen molar-refractivity contribution in [2.24, 2.45) is 4.99 Å². The van der Waals surface area contributed by atoms with E-state index in [1.165, 1.54) is 0 Å². The quantitative estimate of drug-likeness (QED) is 0.244. The van der Waals surface area contributed by atoms with Crippen molar-refractivity contribution in [1.82, 2.24) is 15.8 Å². The molecule has 0 radical (unpaired) electrons. The van der Waals surface area contributed by atoms with E-state index in [1.807, 2.05) is 25.1 Å². The number of nitrogens with zero attached hydrogens (tertiary/aromatic N) is 2. The molecule has 0 saturated heterocycles. The highest BCUT2D eigenvalue weighted by Gasteiger charge is 2.15. The molecule has 0 fully saturated rings. The van der Waals surface area contributed by atoms with E-state index in [9.17, 15) is 0 Å². The number of nitrogens with one attached hydrogen (secondary N) is 2. The van der Waals surface area contributed by atoms with Crippen molar-refractivity contribution in [3.05, 3.63) is 35.2 Å². The molecule has 0 aliphatic rings. The molecule has 0 amide bonds. The maximum absolute atomic E-state index is 5.65. The molecule has 0 aliphatic carbocycles. The number of ether oxygens (including phenoxy) is 3. The molecule has 0 unspecified atom stereocenters. The van der Waals surface area contributed by atoms with Crippen LogP contribution >= 0.6 is 24.0 Å². The Morgan fingerprint density at radius 3 is 2.16 bits per heavy atom. The Labute approximate surface area is 202 Å². The summed E-state index contributed by atoms with van der Waals surface area (Å²) in [4.78, 5) is 4.27. The summed E-state index contributed by atoms with van der Waals surface area (Å²) in [5.41, 5.74) is 1.99. The Bertz CT molecular complexity index is 797. The van der Waals surface area contributed by atoms with Gasteiger partial charge in [0.05, 0.1) is 33.1 Å². The van der Waals surface area contributed by atoms with E-state index in [1.54, 1.807) is 21.3 Å². The summed E-state index contributed by atoms with van der Waals surface area (Å²) in [6.45, 7) is 7.82. The lowest BCUT2D eigenvalue weighted by Crippen LogP contribution is -2.36. The van der Waals surface area contributed by atoms with Gasteiger partial charge in [0.2, 0.25) is 5.75 Å². The summed E-state index contributed by atoms with van der Waals surface area (Å²) in [6, 6.07) is 5.86. The number of rotatable bonds is 11. The van der Waals surface area contributed by atoms with Crippen LogP contribution in [0.15, 0.2) is 27.7 Å². The van der Waals surface area contributed by atoms with Crippen LogP contribution in [-0.4, -0.2) is 39.0 Å². The molecule has 9 heteroatoms. The van der Waals surface area contributed by atoms with Crippen LogP contribution in [-0.2, 0) is 13.1 Å². The second-order valence-electron chi connectivity index (χ2n) is 6.77. The molecule has 2 rings (SSSR count). The van der Waals surface area contributed by atoms with Gasteiger partial charge in [0, 0.05) is 25.6 Å². The molecule has 0 atom stereocenters. The summed E-state index contributed by atoms with van der Waals surface area (Å²) < 4.78 is 22.0. The molecular weight excluding hydrogens is 511 g/mol. The number of methoxy groups -OCH3 is 2. The zero-order chi connectivity index (χ0) is 21.9. The predicted octanol–water partition coefficient (Wildman–Crippen LogP) is 4.48. The van der Waals surface area contributed by atoms with Crippen molar-refractivity contribution in [2.45, 2.75) is 52.6 Å². The van der Waals surface area contributed by atoms with Gasteiger partial charge in [-0.25, -0.2) is 0 Å². The number of halogens is 1. The van der Waals surface area contributed by atoms with Gasteiger partial charge in [0.15, 0.2) is 23.2 Å². The molecule has 0 bridgehead atoms. The van der Waals surface area contributed by atoms with Crippen molar-refractivity contribution in [1.29, 1.82) is 0 Å². The van der Waals surface area contributed by atoms with E-state index in [-0.39, 0.29) is 24.0 Å². The zero-order valence-electron chi connectivity index (χ0n) is 19.3.